The highest BCUT2D eigenvalue weighted by atomic mass is 31.2. The molecule has 14 heteroatoms. The van der Waals surface area contributed by atoms with Gasteiger partial charge in [-0.05, 0) is 109 Å². The number of amides is 2. The number of unbranched alkanes of at least 4 members (excludes halogenated alkanes) is 1. The molecule has 1 N–H and O–H groups in total. The molecule has 0 aromatic heterocycles. The van der Waals surface area contributed by atoms with Crippen LogP contribution in [0.25, 0.3) is 11.1 Å². The van der Waals surface area contributed by atoms with Gasteiger partial charge in [0.05, 0.1) is 13.7 Å². The number of hydrogen-bond donors (Lipinski definition) is 1. The summed E-state index contributed by atoms with van der Waals surface area (Å²) in [5.74, 6) is -2.37. The Bertz CT molecular complexity index is 1530. The van der Waals surface area contributed by atoms with Gasteiger partial charge < -0.3 is 23.8 Å². The Morgan fingerprint density at radius 1 is 0.980 bits per heavy atom. The van der Waals surface area contributed by atoms with Gasteiger partial charge in [0.1, 0.15) is 17.0 Å². The van der Waals surface area contributed by atoms with E-state index in [0.717, 1.165) is 4.90 Å². The van der Waals surface area contributed by atoms with Crippen molar-refractivity contribution < 1.29 is 51.6 Å². The van der Waals surface area contributed by atoms with Crippen molar-refractivity contribution in [3.05, 3.63) is 53.6 Å². The molecule has 0 bridgehead atoms. The van der Waals surface area contributed by atoms with Crippen molar-refractivity contribution in [3.8, 4) is 16.9 Å². The third-order valence-electron chi connectivity index (χ3n) is 7.96. The van der Waals surface area contributed by atoms with Crippen LogP contribution >= 0.6 is 7.37 Å². The number of aliphatic carboxylic acids is 1. The Balaban J connectivity index is 1.88. The first-order chi connectivity index (χ1) is 22.7. The van der Waals surface area contributed by atoms with Crippen LogP contribution in [0.1, 0.15) is 73.3 Å². The van der Waals surface area contributed by atoms with Gasteiger partial charge in [0, 0.05) is 32.3 Å². The highest BCUT2D eigenvalue weighted by molar-refractivity contribution is 7.62. The number of imide groups is 1. The summed E-state index contributed by atoms with van der Waals surface area (Å²) >= 11 is 0. The number of rotatable bonds is 12. The first kappa shape index (κ1) is 39.9. The lowest BCUT2D eigenvalue weighted by molar-refractivity contribution is -0.141. The van der Waals surface area contributed by atoms with Gasteiger partial charge in [0.2, 0.25) is 7.37 Å². The van der Waals surface area contributed by atoms with E-state index in [1.807, 2.05) is 4.90 Å². The second-order valence-electron chi connectivity index (χ2n) is 14.1. The molecule has 0 saturated carbocycles. The number of carboxylic acids is 1. The van der Waals surface area contributed by atoms with Gasteiger partial charge in [0.15, 0.2) is 16.7 Å². The number of nitrogens with zero attached hydrogens (tertiary/aromatic N) is 2. The number of halogens is 2. The van der Waals surface area contributed by atoms with Gasteiger partial charge in [-0.2, -0.15) is 0 Å². The van der Waals surface area contributed by atoms with Gasteiger partial charge in [-0.1, -0.05) is 12.1 Å². The second-order valence-corrected chi connectivity index (χ2v) is 17.0. The molecular formula is C35H49F2N2O9P. The second kappa shape index (κ2) is 16.0. The van der Waals surface area contributed by atoms with Crippen LogP contribution in [0.5, 0.6) is 5.75 Å². The first-order valence-electron chi connectivity index (χ1n) is 16.3. The lowest BCUT2D eigenvalue weighted by Crippen LogP contribution is -2.54. The Kier molecular flexibility index (Phi) is 13.0. The van der Waals surface area contributed by atoms with Crippen molar-refractivity contribution in [3.63, 3.8) is 0 Å². The minimum absolute atomic E-state index is 0.00914. The van der Waals surface area contributed by atoms with Gasteiger partial charge in [-0.25, -0.2) is 23.3 Å². The zero-order chi connectivity index (χ0) is 36.8. The van der Waals surface area contributed by atoms with Crippen LogP contribution in [-0.4, -0.2) is 88.9 Å². The summed E-state index contributed by atoms with van der Waals surface area (Å²) in [7, 11) is -2.43. The van der Waals surface area contributed by atoms with Crippen molar-refractivity contribution in [2.75, 3.05) is 39.5 Å². The summed E-state index contributed by atoms with van der Waals surface area (Å²) in [6.07, 6.45) is -1.54. The normalized spacial score (nSPS) is 20.0. The van der Waals surface area contributed by atoms with E-state index in [0.29, 0.717) is 16.7 Å². The Morgan fingerprint density at radius 2 is 1.61 bits per heavy atom. The SMILES string of the molecule is CCOP1(=O)CCN(Cc2ccc(F)cc2-c2ccc(F)c(OC)c2)C[C@@]1(CCCCN(C(=O)OC(C)(C)C)C(=O)OC(C)(C)C)C(=O)O. The number of methoxy groups -OCH3 is 1. The summed E-state index contributed by atoms with van der Waals surface area (Å²) < 4.78 is 64.7. The molecule has 2 aromatic rings. The van der Waals surface area contributed by atoms with Crippen molar-refractivity contribution in [1.82, 2.24) is 9.80 Å². The van der Waals surface area contributed by atoms with Crippen LogP contribution in [0.3, 0.4) is 0 Å². The average molecular weight is 711 g/mol. The summed E-state index contributed by atoms with van der Waals surface area (Å²) in [6, 6.07) is 8.40. The number of carbonyl (C=O) groups is 3. The van der Waals surface area contributed by atoms with Crippen molar-refractivity contribution in [2.45, 2.75) is 90.6 Å². The maximum Gasteiger partial charge on any atom is 0.419 e. The minimum Gasteiger partial charge on any atom is -0.494 e. The molecule has 3 rings (SSSR count). The molecule has 272 valence electrons. The number of carbonyl (C=O) groups excluding carboxylic acids is 2. The van der Waals surface area contributed by atoms with Crippen LogP contribution in [0.2, 0.25) is 0 Å². The average Bonchev–Trinajstić information content (AvgIpc) is 2.98. The molecule has 1 heterocycles. The first-order valence-corrected chi connectivity index (χ1v) is 18.1. The topological polar surface area (TPSA) is 132 Å². The fourth-order valence-corrected chi connectivity index (χ4v) is 8.72. The lowest BCUT2D eigenvalue weighted by Gasteiger charge is -2.45. The number of hydrogen-bond acceptors (Lipinski definition) is 9. The Labute approximate surface area is 287 Å². The molecule has 1 fully saturated rings. The standard InChI is InChI=1S/C35H49F2N2O9P/c1-9-46-49(44)19-18-38(22-25-12-14-26(36)21-27(25)24-13-15-28(37)29(20-24)45-8)23-35(49,30(40)41)16-10-11-17-39(31(42)47-33(2,3)4)32(43)48-34(5,6)7/h12-15,20-21H,9-11,16-19,22-23H2,1-8H3,(H,40,41)/t35-,49?/m0/s1. The monoisotopic (exact) mass is 710 g/mol. The van der Waals surface area contributed by atoms with E-state index in [-0.39, 0.29) is 64.0 Å². The highest BCUT2D eigenvalue weighted by Crippen LogP contribution is 2.63. The zero-order valence-electron chi connectivity index (χ0n) is 29.6. The maximum absolute atomic E-state index is 14.5. The molecule has 1 saturated heterocycles. The van der Waals surface area contributed by atoms with Gasteiger partial charge >= 0.3 is 18.2 Å². The summed E-state index contributed by atoms with van der Waals surface area (Å²) in [6.45, 7) is 11.9. The third kappa shape index (κ3) is 10.2. The van der Waals surface area contributed by atoms with E-state index in [9.17, 15) is 32.8 Å². The molecule has 2 atom stereocenters. The summed E-state index contributed by atoms with van der Waals surface area (Å²) in [5.41, 5.74) is -0.134. The number of carboxylic acid groups (broad SMARTS) is 1. The predicted molar refractivity (Wildman–Crippen MR) is 181 cm³/mol. The van der Waals surface area contributed by atoms with Crippen LogP contribution in [0.15, 0.2) is 36.4 Å². The zero-order valence-corrected chi connectivity index (χ0v) is 30.5. The lowest BCUT2D eigenvalue weighted by atomic mass is 9.96. The van der Waals surface area contributed by atoms with E-state index in [1.165, 1.54) is 37.4 Å². The molecule has 1 aliphatic rings. The molecule has 0 aliphatic carbocycles. The van der Waals surface area contributed by atoms with E-state index in [2.05, 4.69) is 0 Å². The van der Waals surface area contributed by atoms with Gasteiger partial charge in [-0.15, -0.1) is 0 Å². The van der Waals surface area contributed by atoms with Crippen molar-refractivity contribution in [1.29, 1.82) is 0 Å². The van der Waals surface area contributed by atoms with Crippen molar-refractivity contribution in [2.24, 2.45) is 0 Å². The van der Waals surface area contributed by atoms with Gasteiger partial charge in [-0.3, -0.25) is 14.3 Å². The van der Waals surface area contributed by atoms with E-state index >= 15 is 0 Å². The van der Waals surface area contributed by atoms with Crippen LogP contribution in [0, 0.1) is 11.6 Å². The minimum atomic E-state index is -3.76. The molecule has 2 aromatic carbocycles. The summed E-state index contributed by atoms with van der Waals surface area (Å²) in [4.78, 5) is 41.7. The number of ether oxygens (including phenoxy) is 3. The number of benzene rings is 2. The molecule has 1 aliphatic heterocycles. The molecular weight excluding hydrogens is 661 g/mol. The largest absolute Gasteiger partial charge is 0.494 e. The summed E-state index contributed by atoms with van der Waals surface area (Å²) in [5, 5.41) is 8.89. The highest BCUT2D eigenvalue weighted by Gasteiger charge is 2.58. The van der Waals surface area contributed by atoms with E-state index in [4.69, 9.17) is 18.7 Å². The fraction of sp³-hybridized carbons (Fsp3) is 0.571. The van der Waals surface area contributed by atoms with E-state index in [1.54, 1.807) is 54.5 Å². The van der Waals surface area contributed by atoms with Crippen LogP contribution < -0.4 is 4.74 Å². The smallest absolute Gasteiger partial charge is 0.419 e. The molecule has 1 unspecified atom stereocenters. The molecule has 11 nitrogen and oxygen atoms in total. The van der Waals surface area contributed by atoms with E-state index < -0.39 is 53.5 Å². The third-order valence-corrected chi connectivity index (χ3v) is 11.3. The van der Waals surface area contributed by atoms with Crippen LogP contribution in [-0.2, 0) is 29.9 Å². The Morgan fingerprint density at radius 3 is 2.16 bits per heavy atom. The van der Waals surface area contributed by atoms with Crippen LogP contribution in [0.4, 0.5) is 18.4 Å². The fourth-order valence-electron chi connectivity index (χ4n) is 5.75. The van der Waals surface area contributed by atoms with Gasteiger partial charge in [0.25, 0.3) is 0 Å². The maximum atomic E-state index is 14.5. The molecule has 0 radical (unpaired) electrons. The van der Waals surface area contributed by atoms with Crippen molar-refractivity contribution >= 4 is 25.5 Å². The quantitative estimate of drug-likeness (QED) is 0.171. The Hall–Kier alpha value is -3.54. The molecule has 2 amide bonds. The predicted octanol–water partition coefficient (Wildman–Crippen LogP) is 7.94. The molecule has 0 spiro atoms. The molecule has 49 heavy (non-hydrogen) atoms.